The Hall–Kier alpha value is -0.630. The van der Waals surface area contributed by atoms with E-state index in [1.165, 1.54) is 0 Å². The second kappa shape index (κ2) is 2.20. The molecule has 1 saturated heterocycles. The van der Waals surface area contributed by atoms with Gasteiger partial charge in [0.05, 0.1) is 11.0 Å². The van der Waals surface area contributed by atoms with E-state index in [0.29, 0.717) is 12.0 Å². The zero-order valence-electron chi connectivity index (χ0n) is 5.58. The number of nitrogens with one attached hydrogen (secondary N) is 1. The van der Waals surface area contributed by atoms with Crippen molar-refractivity contribution >= 4 is 17.2 Å². The first-order valence-corrected chi connectivity index (χ1v) is 3.91. The first-order chi connectivity index (χ1) is 4.86. The van der Waals surface area contributed by atoms with Crippen molar-refractivity contribution in [2.45, 2.75) is 12.5 Å². The van der Waals surface area contributed by atoms with Crippen molar-refractivity contribution in [2.75, 3.05) is 0 Å². The van der Waals surface area contributed by atoms with E-state index in [1.807, 2.05) is 0 Å². The molecule has 1 nitrogen and oxygen atoms in total. The molecule has 0 radical (unpaired) electrons. The molecule has 0 saturated carbocycles. The largest absolute Gasteiger partial charge is 0.373 e. The Kier molecular flexibility index (Phi) is 1.34. The van der Waals surface area contributed by atoms with Crippen molar-refractivity contribution < 1.29 is 0 Å². The van der Waals surface area contributed by atoms with Crippen molar-refractivity contribution in [1.29, 1.82) is 0 Å². The van der Waals surface area contributed by atoms with Crippen LogP contribution in [0, 0.1) is 5.92 Å². The molecule has 2 aliphatic rings. The van der Waals surface area contributed by atoms with E-state index in [2.05, 4.69) is 29.6 Å². The van der Waals surface area contributed by atoms with Crippen LogP contribution in [-0.4, -0.2) is 11.0 Å². The maximum absolute atomic E-state index is 5.05. The Balaban J connectivity index is 2.22. The Morgan fingerprint density at radius 1 is 1.40 bits per heavy atom. The van der Waals surface area contributed by atoms with Gasteiger partial charge in [0.2, 0.25) is 0 Å². The van der Waals surface area contributed by atoms with Gasteiger partial charge >= 0.3 is 0 Å². The summed E-state index contributed by atoms with van der Waals surface area (Å²) in [6, 6.07) is 0.484. The lowest BCUT2D eigenvalue weighted by Gasteiger charge is -2.13. The highest BCUT2D eigenvalue weighted by Gasteiger charge is 2.26. The Morgan fingerprint density at radius 3 is 3.00 bits per heavy atom. The lowest BCUT2D eigenvalue weighted by molar-refractivity contribution is 0.614. The van der Waals surface area contributed by atoms with E-state index in [0.717, 1.165) is 11.4 Å². The smallest absolute Gasteiger partial charge is 0.0765 e. The fraction of sp³-hybridized carbons (Fsp3) is 0.375. The summed E-state index contributed by atoms with van der Waals surface area (Å²) >= 11 is 5.05. The van der Waals surface area contributed by atoms with Gasteiger partial charge in [-0.15, -0.1) is 0 Å². The molecule has 52 valence electrons. The van der Waals surface area contributed by atoms with Gasteiger partial charge < -0.3 is 5.32 Å². The van der Waals surface area contributed by atoms with E-state index in [9.17, 15) is 0 Å². The zero-order valence-corrected chi connectivity index (χ0v) is 6.40. The van der Waals surface area contributed by atoms with Crippen molar-refractivity contribution in [3.63, 3.8) is 0 Å². The standard InChI is InChI=1S/C8H9NS/c10-8-5-6-3-1-2-4-7(6)9-8/h1-4,6-7H,5H2,(H,9,10). The van der Waals surface area contributed by atoms with Crippen LogP contribution in [-0.2, 0) is 0 Å². The summed E-state index contributed by atoms with van der Waals surface area (Å²) in [6.07, 6.45) is 9.58. The molecule has 0 spiro atoms. The first-order valence-electron chi connectivity index (χ1n) is 3.50. The van der Waals surface area contributed by atoms with Crippen LogP contribution in [0.1, 0.15) is 6.42 Å². The average molecular weight is 151 g/mol. The summed E-state index contributed by atoms with van der Waals surface area (Å²) in [5.74, 6) is 0.623. The molecule has 2 rings (SSSR count). The Bertz CT molecular complexity index is 195. The highest BCUT2D eigenvalue weighted by atomic mass is 32.1. The topological polar surface area (TPSA) is 12.0 Å². The van der Waals surface area contributed by atoms with Gasteiger partial charge in [-0.2, -0.15) is 0 Å². The molecule has 2 unspecified atom stereocenters. The number of hydrogen-bond donors (Lipinski definition) is 1. The molecule has 0 bridgehead atoms. The summed E-state index contributed by atoms with van der Waals surface area (Å²) in [5.41, 5.74) is 0. The second-order valence-electron chi connectivity index (χ2n) is 2.73. The predicted molar refractivity (Wildman–Crippen MR) is 45.9 cm³/mol. The molecular formula is C8H9NS. The fourth-order valence-electron chi connectivity index (χ4n) is 1.46. The van der Waals surface area contributed by atoms with E-state index in [4.69, 9.17) is 12.2 Å². The normalized spacial score (nSPS) is 35.8. The number of rotatable bonds is 0. The predicted octanol–water partition coefficient (Wildman–Crippen LogP) is 1.42. The average Bonchev–Trinajstić information content (AvgIpc) is 2.27. The van der Waals surface area contributed by atoms with Gasteiger partial charge in [0, 0.05) is 12.3 Å². The van der Waals surface area contributed by atoms with Gasteiger partial charge in [-0.3, -0.25) is 0 Å². The minimum Gasteiger partial charge on any atom is -0.373 e. The third-order valence-electron chi connectivity index (χ3n) is 2.00. The first kappa shape index (κ1) is 6.10. The van der Waals surface area contributed by atoms with Crippen LogP contribution in [0.2, 0.25) is 0 Å². The van der Waals surface area contributed by atoms with Crippen LogP contribution in [0.3, 0.4) is 0 Å². The highest BCUT2D eigenvalue weighted by Crippen LogP contribution is 2.22. The van der Waals surface area contributed by atoms with Crippen LogP contribution in [0.4, 0.5) is 0 Å². The fourth-order valence-corrected chi connectivity index (χ4v) is 1.79. The molecule has 0 aromatic heterocycles. The summed E-state index contributed by atoms with van der Waals surface area (Å²) in [4.78, 5) is 1.01. The molecule has 10 heavy (non-hydrogen) atoms. The van der Waals surface area contributed by atoms with Gasteiger partial charge in [-0.1, -0.05) is 36.5 Å². The van der Waals surface area contributed by atoms with Crippen LogP contribution in [0.25, 0.3) is 0 Å². The van der Waals surface area contributed by atoms with Crippen molar-refractivity contribution in [3.8, 4) is 0 Å². The molecule has 2 heteroatoms. The molecular weight excluding hydrogens is 142 g/mol. The third-order valence-corrected chi connectivity index (χ3v) is 2.28. The Labute approximate surface area is 65.8 Å². The molecule has 1 aliphatic carbocycles. The zero-order chi connectivity index (χ0) is 6.97. The lowest BCUT2D eigenvalue weighted by Crippen LogP contribution is -2.26. The minimum absolute atomic E-state index is 0.484. The van der Waals surface area contributed by atoms with Gasteiger partial charge in [-0.25, -0.2) is 0 Å². The van der Waals surface area contributed by atoms with Crippen molar-refractivity contribution in [1.82, 2.24) is 5.32 Å². The minimum atomic E-state index is 0.484. The van der Waals surface area contributed by atoms with Gasteiger partial charge in [0.15, 0.2) is 0 Å². The summed E-state index contributed by atoms with van der Waals surface area (Å²) in [7, 11) is 0. The number of hydrogen-bond acceptors (Lipinski definition) is 1. The summed E-state index contributed by atoms with van der Waals surface area (Å²) in [5, 5.41) is 3.25. The maximum Gasteiger partial charge on any atom is 0.0765 e. The van der Waals surface area contributed by atoms with Crippen LogP contribution >= 0.6 is 12.2 Å². The highest BCUT2D eigenvalue weighted by molar-refractivity contribution is 7.80. The van der Waals surface area contributed by atoms with Crippen LogP contribution < -0.4 is 5.32 Å². The van der Waals surface area contributed by atoms with E-state index in [1.54, 1.807) is 0 Å². The van der Waals surface area contributed by atoms with Crippen LogP contribution in [0.5, 0.6) is 0 Å². The molecule has 1 heterocycles. The van der Waals surface area contributed by atoms with Gasteiger partial charge in [0.1, 0.15) is 0 Å². The maximum atomic E-state index is 5.05. The van der Waals surface area contributed by atoms with Gasteiger partial charge in [0.25, 0.3) is 0 Å². The van der Waals surface area contributed by atoms with E-state index in [-0.39, 0.29) is 0 Å². The lowest BCUT2D eigenvalue weighted by atomic mass is 9.97. The molecule has 0 aromatic carbocycles. The summed E-state index contributed by atoms with van der Waals surface area (Å²) in [6.45, 7) is 0. The number of thiocarbonyl (C=S) groups is 1. The molecule has 2 atom stereocenters. The molecule has 1 N–H and O–H groups in total. The molecule has 1 aliphatic heterocycles. The van der Waals surface area contributed by atoms with Gasteiger partial charge in [-0.05, 0) is 0 Å². The van der Waals surface area contributed by atoms with E-state index >= 15 is 0 Å². The monoisotopic (exact) mass is 151 g/mol. The summed E-state index contributed by atoms with van der Waals surface area (Å²) < 4.78 is 0. The molecule has 1 fully saturated rings. The quantitative estimate of drug-likeness (QED) is 0.525. The second-order valence-corrected chi connectivity index (χ2v) is 3.22. The SMILES string of the molecule is S=C1CC2C=CC=CC2N1. The number of allylic oxidation sites excluding steroid dienone is 2. The molecule has 0 amide bonds. The van der Waals surface area contributed by atoms with E-state index < -0.39 is 0 Å². The van der Waals surface area contributed by atoms with Crippen molar-refractivity contribution in [3.05, 3.63) is 24.3 Å². The number of fused-ring (bicyclic) bond motifs is 1. The van der Waals surface area contributed by atoms with Crippen LogP contribution in [0.15, 0.2) is 24.3 Å². The Morgan fingerprint density at radius 2 is 2.20 bits per heavy atom. The molecule has 0 aromatic rings. The van der Waals surface area contributed by atoms with Crippen molar-refractivity contribution in [2.24, 2.45) is 5.92 Å². The third kappa shape index (κ3) is 0.886.